The molecule has 0 aromatic carbocycles. The minimum atomic E-state index is -4.48. The number of pyridine rings is 1. The van der Waals surface area contributed by atoms with Gasteiger partial charge in [-0.15, -0.1) is 0 Å². The zero-order valence-corrected chi connectivity index (χ0v) is 17.8. The third kappa shape index (κ3) is 4.41. The molecule has 1 aliphatic rings. The van der Waals surface area contributed by atoms with E-state index in [0.29, 0.717) is 35.9 Å². The summed E-state index contributed by atoms with van der Waals surface area (Å²) >= 11 is 0. The summed E-state index contributed by atoms with van der Waals surface area (Å²) in [6, 6.07) is 3.50. The normalized spacial score (nSPS) is 16.1. The molecule has 4 heterocycles. The maximum Gasteiger partial charge on any atom is 0.433 e. The van der Waals surface area contributed by atoms with E-state index in [4.69, 9.17) is 0 Å². The summed E-state index contributed by atoms with van der Waals surface area (Å²) < 4.78 is 40.1. The topological polar surface area (TPSA) is 88.8 Å². The van der Waals surface area contributed by atoms with E-state index in [0.717, 1.165) is 11.6 Å². The maximum atomic E-state index is 12.9. The van der Waals surface area contributed by atoms with Gasteiger partial charge in [0, 0.05) is 19.7 Å². The van der Waals surface area contributed by atoms with Crippen LogP contribution in [0.5, 0.6) is 0 Å². The Morgan fingerprint density at radius 1 is 1.16 bits per heavy atom. The number of anilines is 2. The van der Waals surface area contributed by atoms with Crippen LogP contribution in [-0.4, -0.2) is 43.7 Å². The Bertz CT molecular complexity index is 1160. The standard InChI is InChI=1S/C21H22F3N7O/c1-12-18-19(30(3)13(2)20(32)29-18)28-17(26-12)8-7-14-9-25-31(10-14)11-15-5-4-6-16(27-15)21(22,23)24/h4-6,9-10,13H,7-8,11H2,1-3H3,(H,29,32)/t13-/m0/s1. The van der Waals surface area contributed by atoms with Crippen molar-refractivity contribution < 1.29 is 18.0 Å². The second kappa shape index (κ2) is 8.21. The van der Waals surface area contributed by atoms with Crippen LogP contribution in [-0.2, 0) is 30.4 Å². The summed E-state index contributed by atoms with van der Waals surface area (Å²) in [4.78, 5) is 26.7. The molecule has 32 heavy (non-hydrogen) atoms. The Kier molecular flexibility index (Phi) is 5.57. The number of halogens is 3. The van der Waals surface area contributed by atoms with E-state index in [-0.39, 0.29) is 24.2 Å². The molecule has 0 spiro atoms. The average molecular weight is 445 g/mol. The lowest BCUT2D eigenvalue weighted by molar-refractivity contribution is -0.141. The molecule has 0 saturated carbocycles. The molecular formula is C21H22F3N7O. The van der Waals surface area contributed by atoms with E-state index >= 15 is 0 Å². The molecule has 0 aliphatic carbocycles. The Labute approximate surface area is 182 Å². The van der Waals surface area contributed by atoms with Crippen molar-refractivity contribution in [3.8, 4) is 0 Å². The first-order valence-corrected chi connectivity index (χ1v) is 10.1. The van der Waals surface area contributed by atoms with Gasteiger partial charge in [0.1, 0.15) is 23.2 Å². The number of nitrogens with one attached hydrogen (secondary N) is 1. The maximum absolute atomic E-state index is 12.9. The van der Waals surface area contributed by atoms with Gasteiger partial charge < -0.3 is 10.2 Å². The molecule has 0 radical (unpaired) electrons. The number of alkyl halides is 3. The van der Waals surface area contributed by atoms with E-state index in [1.165, 1.54) is 12.1 Å². The number of carbonyl (C=O) groups is 1. The van der Waals surface area contributed by atoms with Gasteiger partial charge in [-0.25, -0.2) is 15.0 Å². The largest absolute Gasteiger partial charge is 0.433 e. The Hall–Kier alpha value is -3.50. The third-order valence-electron chi connectivity index (χ3n) is 5.41. The Morgan fingerprint density at radius 3 is 2.69 bits per heavy atom. The number of amides is 1. The fourth-order valence-electron chi connectivity index (χ4n) is 3.48. The van der Waals surface area contributed by atoms with Gasteiger partial charge in [-0.05, 0) is 38.0 Å². The van der Waals surface area contributed by atoms with Gasteiger partial charge in [-0.2, -0.15) is 18.3 Å². The Balaban J connectivity index is 1.44. The second-order valence-corrected chi connectivity index (χ2v) is 7.76. The minimum Gasteiger partial charge on any atom is -0.346 e. The van der Waals surface area contributed by atoms with Crippen LogP contribution in [0.1, 0.15) is 35.4 Å². The van der Waals surface area contributed by atoms with Gasteiger partial charge in [0.15, 0.2) is 5.82 Å². The monoisotopic (exact) mass is 445 g/mol. The number of aromatic nitrogens is 5. The van der Waals surface area contributed by atoms with Crippen molar-refractivity contribution >= 4 is 17.4 Å². The van der Waals surface area contributed by atoms with E-state index in [1.807, 2.05) is 25.8 Å². The van der Waals surface area contributed by atoms with Gasteiger partial charge in [0.25, 0.3) is 0 Å². The third-order valence-corrected chi connectivity index (χ3v) is 5.41. The van der Waals surface area contributed by atoms with Crippen molar-refractivity contribution in [2.24, 2.45) is 0 Å². The van der Waals surface area contributed by atoms with Gasteiger partial charge in [-0.1, -0.05) is 6.07 Å². The van der Waals surface area contributed by atoms with Crippen LogP contribution in [0.25, 0.3) is 0 Å². The lowest BCUT2D eigenvalue weighted by Gasteiger charge is -2.32. The first kappa shape index (κ1) is 21.7. The van der Waals surface area contributed by atoms with Crippen molar-refractivity contribution in [1.29, 1.82) is 0 Å². The fourth-order valence-corrected chi connectivity index (χ4v) is 3.48. The molecule has 1 atom stereocenters. The molecule has 1 aliphatic heterocycles. The molecule has 3 aromatic heterocycles. The molecule has 0 fully saturated rings. The van der Waals surface area contributed by atoms with E-state index in [9.17, 15) is 18.0 Å². The lowest BCUT2D eigenvalue weighted by atomic mass is 10.1. The summed E-state index contributed by atoms with van der Waals surface area (Å²) in [6.07, 6.45) is 0.138. The van der Waals surface area contributed by atoms with Gasteiger partial charge in [0.2, 0.25) is 5.91 Å². The smallest absolute Gasteiger partial charge is 0.346 e. The van der Waals surface area contributed by atoms with Crippen LogP contribution in [0.3, 0.4) is 0 Å². The summed E-state index contributed by atoms with van der Waals surface area (Å²) in [5, 5.41) is 7.09. The van der Waals surface area contributed by atoms with Gasteiger partial charge >= 0.3 is 6.18 Å². The zero-order chi connectivity index (χ0) is 23.0. The molecule has 0 unspecified atom stereocenters. The molecule has 11 heteroatoms. The number of carbonyl (C=O) groups excluding carboxylic acids is 1. The van der Waals surface area contributed by atoms with Crippen LogP contribution in [0, 0.1) is 6.92 Å². The molecule has 3 aromatic rings. The highest BCUT2D eigenvalue weighted by Crippen LogP contribution is 2.31. The van der Waals surface area contributed by atoms with Crippen molar-refractivity contribution in [2.45, 2.75) is 45.5 Å². The zero-order valence-electron chi connectivity index (χ0n) is 17.8. The van der Waals surface area contributed by atoms with Crippen molar-refractivity contribution in [3.63, 3.8) is 0 Å². The molecule has 0 saturated heterocycles. The highest BCUT2D eigenvalue weighted by atomic mass is 19.4. The molecule has 8 nitrogen and oxygen atoms in total. The Morgan fingerprint density at radius 2 is 1.94 bits per heavy atom. The molecule has 1 amide bonds. The highest BCUT2D eigenvalue weighted by Gasteiger charge is 2.32. The fraction of sp³-hybridized carbons (Fsp3) is 0.381. The molecule has 4 rings (SSSR count). The number of nitrogens with zero attached hydrogens (tertiary/aromatic N) is 6. The summed E-state index contributed by atoms with van der Waals surface area (Å²) in [5.41, 5.74) is 1.59. The van der Waals surface area contributed by atoms with Crippen molar-refractivity contribution in [1.82, 2.24) is 24.7 Å². The average Bonchev–Trinajstić information content (AvgIpc) is 3.18. The molecule has 168 valence electrons. The lowest BCUT2D eigenvalue weighted by Crippen LogP contribution is -2.45. The number of hydrogen-bond donors (Lipinski definition) is 1. The second-order valence-electron chi connectivity index (χ2n) is 7.76. The first-order valence-electron chi connectivity index (χ1n) is 10.1. The van der Waals surface area contributed by atoms with Gasteiger partial charge in [0.05, 0.1) is 24.1 Å². The predicted molar refractivity (Wildman–Crippen MR) is 111 cm³/mol. The minimum absolute atomic E-state index is 0.0953. The van der Waals surface area contributed by atoms with Crippen LogP contribution in [0.2, 0.25) is 0 Å². The first-order chi connectivity index (χ1) is 15.1. The van der Waals surface area contributed by atoms with E-state index < -0.39 is 11.9 Å². The number of hydrogen-bond acceptors (Lipinski definition) is 6. The van der Waals surface area contributed by atoms with Crippen LogP contribution in [0.15, 0.2) is 30.6 Å². The predicted octanol–water partition coefficient (Wildman–Crippen LogP) is 3.01. The van der Waals surface area contributed by atoms with Crippen LogP contribution < -0.4 is 10.2 Å². The number of rotatable bonds is 5. The van der Waals surface area contributed by atoms with Gasteiger partial charge in [-0.3, -0.25) is 9.48 Å². The molecule has 0 bridgehead atoms. The summed E-state index contributed by atoms with van der Waals surface area (Å²) in [7, 11) is 1.82. The van der Waals surface area contributed by atoms with Crippen molar-refractivity contribution in [2.75, 3.05) is 17.3 Å². The van der Waals surface area contributed by atoms with Crippen LogP contribution in [0.4, 0.5) is 24.7 Å². The van der Waals surface area contributed by atoms with Crippen molar-refractivity contribution in [3.05, 3.63) is 59.1 Å². The molecular weight excluding hydrogens is 423 g/mol. The number of aryl methyl sites for hydroxylation is 3. The van der Waals surface area contributed by atoms with E-state index in [2.05, 4.69) is 25.4 Å². The number of likely N-dealkylation sites (N-methyl/N-ethyl adjacent to an activating group) is 1. The SMILES string of the molecule is Cc1nc(CCc2cnn(Cc3cccc(C(F)(F)F)n3)c2)nc2c1NC(=O)[C@H](C)N2C. The summed E-state index contributed by atoms with van der Waals surface area (Å²) in [5.74, 6) is 1.23. The van der Waals surface area contributed by atoms with E-state index in [1.54, 1.807) is 17.1 Å². The molecule has 1 N–H and O–H groups in total. The summed E-state index contributed by atoms with van der Waals surface area (Å²) in [6.45, 7) is 3.78. The highest BCUT2D eigenvalue weighted by molar-refractivity contribution is 6.02. The van der Waals surface area contributed by atoms with Crippen LogP contribution >= 0.6 is 0 Å². The quantitative estimate of drug-likeness (QED) is 0.650. The number of fused-ring (bicyclic) bond motifs is 1.